The summed E-state index contributed by atoms with van der Waals surface area (Å²) < 4.78 is 70.7. The van der Waals surface area contributed by atoms with Crippen molar-refractivity contribution in [3.05, 3.63) is 166 Å². The second-order valence-corrected chi connectivity index (χ2v) is 19.0. The Morgan fingerprint density at radius 1 is 0.632 bits per heavy atom. The quantitative estimate of drug-likeness (QED) is 0.0810. The number of nitrogens with one attached hydrogen (secondary N) is 1. The Morgan fingerprint density at radius 3 is 1.68 bits per heavy atom. The van der Waals surface area contributed by atoms with Crippen molar-refractivity contribution in [1.29, 1.82) is 0 Å². The van der Waals surface area contributed by atoms with Gasteiger partial charge in [0.2, 0.25) is 5.91 Å². The molecular formula is C56H59ClF4N2O5. The summed E-state index contributed by atoms with van der Waals surface area (Å²) in [5, 5.41) is 2.64. The second kappa shape index (κ2) is 21.7. The van der Waals surface area contributed by atoms with E-state index in [9.17, 15) is 31.9 Å². The van der Waals surface area contributed by atoms with Gasteiger partial charge in [-0.1, -0.05) is 204 Å². The molecule has 358 valence electrons. The Hall–Kier alpha value is -5.68. The molecule has 2 atom stereocenters. The van der Waals surface area contributed by atoms with Gasteiger partial charge in [0.25, 0.3) is 0 Å². The summed E-state index contributed by atoms with van der Waals surface area (Å²) in [7, 11) is 0. The number of carbonyl (C=O) groups is 3. The fourth-order valence-corrected chi connectivity index (χ4v) is 10.7. The fraction of sp³-hybridized carbons (Fsp3) is 0.411. The SMILES string of the molecule is O=C(C[C@H](NC(=O)OCC1c2ccccc2-c2ccccc21)C(=O)N1CC(F)(F)C(F)(F)C1)OC(c1ccccc1)(c1ccc(C2CCCCCCCCCCCCC2)cc1)c1ccccc1Cl. The Kier molecular flexibility index (Phi) is 15.6. The van der Waals surface area contributed by atoms with E-state index in [1.807, 2.05) is 66.7 Å². The van der Waals surface area contributed by atoms with Crippen LogP contribution >= 0.6 is 11.6 Å². The van der Waals surface area contributed by atoms with Crippen LogP contribution in [0.3, 0.4) is 0 Å². The van der Waals surface area contributed by atoms with E-state index in [0.29, 0.717) is 22.6 Å². The van der Waals surface area contributed by atoms with Gasteiger partial charge in [-0.05, 0) is 52.6 Å². The largest absolute Gasteiger partial charge is 0.449 e. The summed E-state index contributed by atoms with van der Waals surface area (Å²) in [4.78, 5) is 42.8. The first-order valence-corrected chi connectivity index (χ1v) is 24.5. The van der Waals surface area contributed by atoms with Crippen LogP contribution in [0.4, 0.5) is 22.4 Å². The molecule has 8 rings (SSSR count). The molecule has 2 amide bonds. The van der Waals surface area contributed by atoms with Crippen molar-refractivity contribution in [1.82, 2.24) is 10.2 Å². The lowest BCUT2D eigenvalue weighted by Gasteiger charge is -2.36. The first-order valence-electron chi connectivity index (χ1n) is 24.2. The summed E-state index contributed by atoms with van der Waals surface area (Å²) in [6.45, 7) is -3.40. The van der Waals surface area contributed by atoms with E-state index in [1.165, 1.54) is 63.4 Å². The fourth-order valence-electron chi connectivity index (χ4n) is 10.4. The van der Waals surface area contributed by atoms with E-state index in [4.69, 9.17) is 21.1 Å². The summed E-state index contributed by atoms with van der Waals surface area (Å²) in [6.07, 6.45) is 13.6. The Balaban J connectivity index is 1.09. The highest BCUT2D eigenvalue weighted by Gasteiger charge is 2.64. The van der Waals surface area contributed by atoms with Crippen molar-refractivity contribution < 1.29 is 41.4 Å². The third-order valence-corrected chi connectivity index (χ3v) is 14.4. The topological polar surface area (TPSA) is 84.9 Å². The van der Waals surface area contributed by atoms with Gasteiger partial charge in [-0.15, -0.1) is 0 Å². The molecule has 3 aliphatic rings. The molecule has 68 heavy (non-hydrogen) atoms. The van der Waals surface area contributed by atoms with Crippen LogP contribution in [0.25, 0.3) is 11.1 Å². The number of hydrogen-bond donors (Lipinski definition) is 1. The van der Waals surface area contributed by atoms with Crippen molar-refractivity contribution >= 4 is 29.6 Å². The highest BCUT2D eigenvalue weighted by Crippen LogP contribution is 2.47. The second-order valence-electron chi connectivity index (χ2n) is 18.6. The van der Waals surface area contributed by atoms with Crippen LogP contribution in [0.1, 0.15) is 135 Å². The highest BCUT2D eigenvalue weighted by molar-refractivity contribution is 6.31. The van der Waals surface area contributed by atoms with E-state index in [1.54, 1.807) is 48.5 Å². The lowest BCUT2D eigenvalue weighted by Crippen LogP contribution is -2.50. The van der Waals surface area contributed by atoms with Gasteiger partial charge in [0.1, 0.15) is 12.6 Å². The molecule has 2 fully saturated rings. The van der Waals surface area contributed by atoms with Gasteiger partial charge in [-0.25, -0.2) is 4.79 Å². The Morgan fingerprint density at radius 2 is 1.12 bits per heavy atom. The average Bonchev–Trinajstić information content (AvgIpc) is 3.78. The maximum atomic E-state index is 14.7. The molecule has 5 aromatic carbocycles. The number of nitrogens with zero attached hydrogens (tertiary/aromatic N) is 1. The van der Waals surface area contributed by atoms with Crippen LogP contribution in [0.5, 0.6) is 0 Å². The van der Waals surface area contributed by atoms with Gasteiger partial charge in [0, 0.05) is 27.6 Å². The maximum Gasteiger partial charge on any atom is 0.407 e. The first-order chi connectivity index (χ1) is 32.9. The Labute approximate surface area is 401 Å². The van der Waals surface area contributed by atoms with E-state index in [2.05, 4.69) is 17.4 Å². The summed E-state index contributed by atoms with van der Waals surface area (Å²) in [5.74, 6) is -11.5. The predicted molar refractivity (Wildman–Crippen MR) is 256 cm³/mol. The molecule has 0 spiro atoms. The van der Waals surface area contributed by atoms with E-state index in [0.717, 1.165) is 47.9 Å². The van der Waals surface area contributed by atoms with Gasteiger partial charge >= 0.3 is 23.9 Å². The lowest BCUT2D eigenvalue weighted by atomic mass is 9.78. The van der Waals surface area contributed by atoms with Gasteiger partial charge in [0.15, 0.2) is 5.60 Å². The minimum atomic E-state index is -4.54. The zero-order chi connectivity index (χ0) is 47.7. The molecule has 1 saturated carbocycles. The zero-order valence-electron chi connectivity index (χ0n) is 38.3. The number of alkyl halides is 4. The highest BCUT2D eigenvalue weighted by atomic mass is 35.5. The number of esters is 1. The van der Waals surface area contributed by atoms with E-state index >= 15 is 0 Å². The number of hydrogen-bond acceptors (Lipinski definition) is 5. The van der Waals surface area contributed by atoms with Crippen molar-refractivity contribution in [2.75, 3.05) is 19.7 Å². The monoisotopic (exact) mass is 950 g/mol. The molecule has 0 bridgehead atoms. The van der Waals surface area contributed by atoms with Crippen LogP contribution in [0, 0.1) is 0 Å². The third-order valence-electron chi connectivity index (χ3n) is 14.0. The molecular weight excluding hydrogens is 892 g/mol. The van der Waals surface area contributed by atoms with E-state index in [-0.39, 0.29) is 22.4 Å². The summed E-state index contributed by atoms with van der Waals surface area (Å²) in [5.41, 5.74) is 4.67. The van der Waals surface area contributed by atoms with Crippen LogP contribution in [-0.4, -0.2) is 60.5 Å². The summed E-state index contributed by atoms with van der Waals surface area (Å²) >= 11 is 7.00. The molecule has 1 saturated heterocycles. The van der Waals surface area contributed by atoms with Crippen LogP contribution in [0.2, 0.25) is 5.02 Å². The number of rotatable bonds is 11. The standard InChI is InChI=1S/C56H59ClF4N2O5/c57-49-30-20-19-29-48(49)56(41-23-13-10-14-24-41,42-33-31-40(32-34-42)39-21-11-8-6-4-2-1-3-5-7-9-12-22-39)68-51(64)35-50(52(65)63-37-54(58,59)55(60,61)38-63)62-53(66)67-36-47-45-27-17-15-25-43(45)44-26-16-18-28-46(44)47/h10,13-20,23-34,39,47,50H,1-9,11-12,21-22,35-38H2,(H,62,66)/t50-,56?/m0/s1. The predicted octanol–water partition coefficient (Wildman–Crippen LogP) is 13.8. The number of halogens is 5. The van der Waals surface area contributed by atoms with Crippen molar-refractivity contribution in [3.63, 3.8) is 0 Å². The molecule has 1 aliphatic heterocycles. The number of benzene rings is 5. The Bertz CT molecular complexity index is 2450. The zero-order valence-corrected chi connectivity index (χ0v) is 39.0. The van der Waals surface area contributed by atoms with Crippen molar-refractivity contribution in [2.45, 2.75) is 125 Å². The number of ether oxygens (including phenoxy) is 2. The number of likely N-dealkylation sites (tertiary alicyclic amines) is 1. The lowest BCUT2D eigenvalue weighted by molar-refractivity contribution is -0.172. The first kappa shape index (κ1) is 48.8. The number of carbonyl (C=O) groups excluding carboxylic acids is 3. The van der Waals surface area contributed by atoms with E-state index < -0.39 is 61.0 Å². The minimum absolute atomic E-state index is 0.175. The van der Waals surface area contributed by atoms with Crippen molar-refractivity contribution in [2.24, 2.45) is 0 Å². The molecule has 12 heteroatoms. The van der Waals surface area contributed by atoms with Crippen LogP contribution < -0.4 is 5.32 Å². The molecule has 7 nitrogen and oxygen atoms in total. The van der Waals surface area contributed by atoms with Gasteiger partial charge in [0.05, 0.1) is 19.5 Å². The minimum Gasteiger partial charge on any atom is -0.449 e. The van der Waals surface area contributed by atoms with Gasteiger partial charge in [-0.2, -0.15) is 17.6 Å². The maximum absolute atomic E-state index is 14.7. The molecule has 5 aromatic rings. The van der Waals surface area contributed by atoms with Crippen molar-refractivity contribution in [3.8, 4) is 11.1 Å². The smallest absolute Gasteiger partial charge is 0.407 e. The summed E-state index contributed by atoms with van der Waals surface area (Å²) in [6, 6.07) is 37.3. The molecule has 0 aromatic heterocycles. The molecule has 1 N–H and O–H groups in total. The van der Waals surface area contributed by atoms with Gasteiger partial charge < -0.3 is 19.7 Å². The third kappa shape index (κ3) is 10.8. The number of amides is 2. The van der Waals surface area contributed by atoms with Crippen LogP contribution in [0.15, 0.2) is 127 Å². The van der Waals surface area contributed by atoms with Crippen LogP contribution in [-0.2, 0) is 24.7 Å². The van der Waals surface area contributed by atoms with Gasteiger partial charge in [-0.3, -0.25) is 9.59 Å². The molecule has 0 radical (unpaired) electrons. The molecule has 1 unspecified atom stereocenters. The normalized spacial score (nSPS) is 19.1. The number of fused-ring (bicyclic) bond motifs is 3. The number of alkyl carbamates (subject to hydrolysis) is 1. The average molecular weight is 952 g/mol. The molecule has 1 heterocycles. The molecule has 2 aliphatic carbocycles.